The smallest absolute Gasteiger partial charge is 0.335 e. The molecule has 0 unspecified atom stereocenters. The average Bonchev–Trinajstić information content (AvgIpc) is 2.43. The predicted octanol–water partition coefficient (Wildman–Crippen LogP) is 2.01. The van der Waals surface area contributed by atoms with Gasteiger partial charge in [-0.25, -0.2) is 9.59 Å². The van der Waals surface area contributed by atoms with Crippen molar-refractivity contribution in [2.45, 2.75) is 19.3 Å². The van der Waals surface area contributed by atoms with E-state index < -0.39 is 5.97 Å². The van der Waals surface area contributed by atoms with Crippen molar-refractivity contribution in [2.75, 3.05) is 25.5 Å². The average molecular weight is 280 g/mol. The second kappa shape index (κ2) is 8.16. The van der Waals surface area contributed by atoms with Gasteiger partial charge in [-0.2, -0.15) is 0 Å². The van der Waals surface area contributed by atoms with Crippen LogP contribution in [0.3, 0.4) is 0 Å². The number of benzene rings is 1. The van der Waals surface area contributed by atoms with Gasteiger partial charge in [-0.05, 0) is 37.5 Å². The first-order chi connectivity index (χ1) is 9.54. The molecule has 1 rings (SSSR count). The summed E-state index contributed by atoms with van der Waals surface area (Å²) in [6.07, 6.45) is 2.42. The number of nitrogens with one attached hydrogen (secondary N) is 1. The van der Waals surface area contributed by atoms with Crippen molar-refractivity contribution in [2.24, 2.45) is 0 Å². The van der Waals surface area contributed by atoms with E-state index in [1.807, 2.05) is 0 Å². The number of aliphatic hydroxyl groups excluding tert-OH is 1. The van der Waals surface area contributed by atoms with Gasteiger partial charge in [0.15, 0.2) is 0 Å². The minimum atomic E-state index is -1.03. The molecule has 0 spiro atoms. The summed E-state index contributed by atoms with van der Waals surface area (Å²) in [6.45, 7) is 0.752. The van der Waals surface area contributed by atoms with Gasteiger partial charge in [0.1, 0.15) is 0 Å². The Bertz CT molecular complexity index is 462. The van der Waals surface area contributed by atoms with Crippen LogP contribution >= 0.6 is 0 Å². The van der Waals surface area contributed by atoms with Crippen molar-refractivity contribution in [3.63, 3.8) is 0 Å². The molecule has 0 fully saturated rings. The maximum absolute atomic E-state index is 11.9. The molecule has 1 aromatic carbocycles. The normalized spacial score (nSPS) is 10.1. The summed E-state index contributed by atoms with van der Waals surface area (Å²) in [6, 6.07) is 5.83. The number of urea groups is 1. The molecule has 0 radical (unpaired) electrons. The minimum absolute atomic E-state index is 0.133. The van der Waals surface area contributed by atoms with E-state index in [1.54, 1.807) is 19.2 Å². The topological polar surface area (TPSA) is 89.9 Å². The Morgan fingerprint density at radius 1 is 1.25 bits per heavy atom. The summed E-state index contributed by atoms with van der Waals surface area (Å²) in [5.41, 5.74) is 0.588. The molecule has 0 saturated heterocycles. The molecule has 0 aliphatic rings. The second-order valence-electron chi connectivity index (χ2n) is 4.52. The Hall–Kier alpha value is -2.08. The first-order valence-corrected chi connectivity index (χ1v) is 6.51. The lowest BCUT2D eigenvalue weighted by atomic mass is 10.2. The van der Waals surface area contributed by atoms with E-state index in [0.717, 1.165) is 19.3 Å². The van der Waals surface area contributed by atoms with Crippen LogP contribution in [0.4, 0.5) is 10.5 Å². The zero-order valence-corrected chi connectivity index (χ0v) is 11.5. The SMILES string of the molecule is CN(CCCCCO)C(=O)Nc1cccc(C(=O)O)c1. The summed E-state index contributed by atoms with van der Waals surface area (Å²) in [5, 5.41) is 20.2. The Balaban J connectivity index is 2.48. The zero-order valence-electron chi connectivity index (χ0n) is 11.5. The molecule has 0 aromatic heterocycles. The molecule has 3 N–H and O–H groups in total. The van der Waals surface area contributed by atoms with E-state index in [1.165, 1.54) is 17.0 Å². The third-order valence-corrected chi connectivity index (χ3v) is 2.86. The summed E-state index contributed by atoms with van der Waals surface area (Å²) in [4.78, 5) is 24.2. The molecular formula is C14H20N2O4. The molecule has 0 bridgehead atoms. The molecule has 6 nitrogen and oxygen atoms in total. The number of carboxylic acids is 1. The Kier molecular flexibility index (Phi) is 6.52. The number of unbranched alkanes of at least 4 members (excludes halogenated alkanes) is 2. The number of carbonyl (C=O) groups excluding carboxylic acids is 1. The van der Waals surface area contributed by atoms with Crippen molar-refractivity contribution >= 4 is 17.7 Å². The van der Waals surface area contributed by atoms with Crippen molar-refractivity contribution in [1.82, 2.24) is 4.90 Å². The van der Waals surface area contributed by atoms with Crippen LogP contribution in [0.5, 0.6) is 0 Å². The van der Waals surface area contributed by atoms with Crippen LogP contribution in [0.25, 0.3) is 0 Å². The van der Waals surface area contributed by atoms with Gasteiger partial charge in [0.05, 0.1) is 5.56 Å². The van der Waals surface area contributed by atoms with Crippen LogP contribution in [-0.2, 0) is 0 Å². The van der Waals surface area contributed by atoms with E-state index in [-0.39, 0.29) is 18.2 Å². The first-order valence-electron chi connectivity index (χ1n) is 6.51. The molecule has 0 aliphatic carbocycles. The molecule has 0 aliphatic heterocycles. The number of rotatable bonds is 7. The van der Waals surface area contributed by atoms with Gasteiger partial charge < -0.3 is 20.4 Å². The number of hydrogen-bond acceptors (Lipinski definition) is 3. The highest BCUT2D eigenvalue weighted by Gasteiger charge is 2.09. The van der Waals surface area contributed by atoms with Crippen LogP contribution in [0.2, 0.25) is 0 Å². The predicted molar refractivity (Wildman–Crippen MR) is 76.0 cm³/mol. The lowest BCUT2D eigenvalue weighted by Gasteiger charge is -2.18. The molecule has 6 heteroatoms. The lowest BCUT2D eigenvalue weighted by Crippen LogP contribution is -2.32. The Labute approximate surface area is 118 Å². The third kappa shape index (κ3) is 5.27. The van der Waals surface area contributed by atoms with E-state index in [2.05, 4.69) is 5.32 Å². The number of hydrogen-bond donors (Lipinski definition) is 3. The number of carbonyl (C=O) groups is 2. The van der Waals surface area contributed by atoms with E-state index >= 15 is 0 Å². The fourth-order valence-electron chi connectivity index (χ4n) is 1.69. The van der Waals surface area contributed by atoms with Gasteiger partial charge in [-0.15, -0.1) is 0 Å². The van der Waals surface area contributed by atoms with Crippen molar-refractivity contribution in [3.05, 3.63) is 29.8 Å². The van der Waals surface area contributed by atoms with E-state index in [0.29, 0.717) is 12.2 Å². The van der Waals surface area contributed by atoms with Crippen LogP contribution in [0.1, 0.15) is 29.6 Å². The standard InChI is InChI=1S/C14H20N2O4/c1-16(8-3-2-4-9-17)14(20)15-12-7-5-6-11(10-12)13(18)19/h5-7,10,17H,2-4,8-9H2,1H3,(H,15,20)(H,18,19). The summed E-state index contributed by atoms with van der Waals surface area (Å²) >= 11 is 0. The number of anilines is 1. The van der Waals surface area contributed by atoms with Crippen LogP contribution < -0.4 is 5.32 Å². The number of carboxylic acid groups (broad SMARTS) is 1. The molecule has 2 amide bonds. The van der Waals surface area contributed by atoms with Gasteiger partial charge in [0.2, 0.25) is 0 Å². The number of aromatic carboxylic acids is 1. The molecule has 0 saturated carbocycles. The highest BCUT2D eigenvalue weighted by Crippen LogP contribution is 2.11. The maximum Gasteiger partial charge on any atom is 0.335 e. The van der Waals surface area contributed by atoms with Gasteiger partial charge >= 0.3 is 12.0 Å². The van der Waals surface area contributed by atoms with E-state index in [4.69, 9.17) is 10.2 Å². The number of amides is 2. The molecular weight excluding hydrogens is 260 g/mol. The molecule has 20 heavy (non-hydrogen) atoms. The van der Waals surface area contributed by atoms with Crippen molar-refractivity contribution in [3.8, 4) is 0 Å². The molecule has 0 heterocycles. The fourth-order valence-corrected chi connectivity index (χ4v) is 1.69. The Morgan fingerprint density at radius 3 is 2.65 bits per heavy atom. The third-order valence-electron chi connectivity index (χ3n) is 2.86. The molecule has 1 aromatic rings. The minimum Gasteiger partial charge on any atom is -0.478 e. The highest BCUT2D eigenvalue weighted by atomic mass is 16.4. The van der Waals surface area contributed by atoms with Gasteiger partial charge in [-0.3, -0.25) is 0 Å². The highest BCUT2D eigenvalue weighted by molar-refractivity contribution is 5.93. The largest absolute Gasteiger partial charge is 0.478 e. The quantitative estimate of drug-likeness (QED) is 0.666. The number of nitrogens with zero attached hydrogens (tertiary/aromatic N) is 1. The second-order valence-corrected chi connectivity index (χ2v) is 4.52. The van der Waals surface area contributed by atoms with E-state index in [9.17, 15) is 9.59 Å². The summed E-state index contributed by atoms with van der Waals surface area (Å²) in [7, 11) is 1.68. The van der Waals surface area contributed by atoms with Crippen molar-refractivity contribution < 1.29 is 19.8 Å². The molecule has 110 valence electrons. The lowest BCUT2D eigenvalue weighted by molar-refractivity contribution is 0.0697. The number of aliphatic hydroxyl groups is 1. The van der Waals surface area contributed by atoms with Crippen molar-refractivity contribution in [1.29, 1.82) is 0 Å². The summed E-state index contributed by atoms with van der Waals surface area (Å²) in [5.74, 6) is -1.03. The van der Waals surface area contributed by atoms with Crippen LogP contribution in [-0.4, -0.2) is 47.3 Å². The molecule has 0 atom stereocenters. The monoisotopic (exact) mass is 280 g/mol. The maximum atomic E-state index is 11.9. The van der Waals surface area contributed by atoms with Gasteiger partial charge in [0, 0.05) is 25.9 Å². The van der Waals surface area contributed by atoms with Crippen LogP contribution in [0.15, 0.2) is 24.3 Å². The van der Waals surface area contributed by atoms with Gasteiger partial charge in [-0.1, -0.05) is 6.07 Å². The fraction of sp³-hybridized carbons (Fsp3) is 0.429. The summed E-state index contributed by atoms with van der Waals surface area (Å²) < 4.78 is 0. The first kappa shape index (κ1) is 16.0. The Morgan fingerprint density at radius 2 is 2.00 bits per heavy atom. The zero-order chi connectivity index (χ0) is 15.0. The van der Waals surface area contributed by atoms with Gasteiger partial charge in [0.25, 0.3) is 0 Å². The van der Waals surface area contributed by atoms with Crippen LogP contribution in [0, 0.1) is 0 Å².